The fourth-order valence-corrected chi connectivity index (χ4v) is 2.98. The molecule has 0 fully saturated rings. The highest BCUT2D eigenvalue weighted by Gasteiger charge is 2.11. The lowest BCUT2D eigenvalue weighted by Gasteiger charge is -1.91. The number of carbonyl (C=O) groups is 1. The standard InChI is InChI=1S/C10H7BrOS2/c1-6-2-7(4-13-6)10(12)8-3-9(11)14-5-8/h2-5H,1H3. The quantitative estimate of drug-likeness (QED) is 0.760. The Morgan fingerprint density at radius 2 is 1.86 bits per heavy atom. The maximum atomic E-state index is 11.9. The normalized spacial score (nSPS) is 10.4. The molecule has 0 N–H and O–H groups in total. The molecule has 0 aromatic carbocycles. The number of hydrogen-bond acceptors (Lipinski definition) is 3. The fraction of sp³-hybridized carbons (Fsp3) is 0.100. The molecule has 0 radical (unpaired) electrons. The Morgan fingerprint density at radius 1 is 1.21 bits per heavy atom. The van der Waals surface area contributed by atoms with E-state index in [0.717, 1.165) is 14.9 Å². The Hall–Kier alpha value is -0.450. The minimum atomic E-state index is 0.108. The Morgan fingerprint density at radius 3 is 2.36 bits per heavy atom. The third-order valence-electron chi connectivity index (χ3n) is 1.82. The summed E-state index contributed by atoms with van der Waals surface area (Å²) >= 11 is 6.49. The molecular formula is C10H7BrOS2. The van der Waals surface area contributed by atoms with Crippen LogP contribution in [0.2, 0.25) is 0 Å². The molecule has 2 heterocycles. The number of hydrogen-bond donors (Lipinski definition) is 0. The van der Waals surface area contributed by atoms with Crippen LogP contribution in [-0.2, 0) is 0 Å². The lowest BCUT2D eigenvalue weighted by Crippen LogP contribution is -1.96. The maximum Gasteiger partial charge on any atom is 0.194 e. The largest absolute Gasteiger partial charge is 0.289 e. The van der Waals surface area contributed by atoms with E-state index < -0.39 is 0 Å². The molecule has 0 aliphatic carbocycles. The van der Waals surface area contributed by atoms with Gasteiger partial charge < -0.3 is 0 Å². The molecule has 0 aliphatic rings. The van der Waals surface area contributed by atoms with Gasteiger partial charge in [-0.25, -0.2) is 0 Å². The predicted octanol–water partition coefficient (Wildman–Crippen LogP) is 4.11. The van der Waals surface area contributed by atoms with Gasteiger partial charge >= 0.3 is 0 Å². The van der Waals surface area contributed by atoms with Gasteiger partial charge in [-0.15, -0.1) is 22.7 Å². The highest BCUT2D eigenvalue weighted by atomic mass is 79.9. The summed E-state index contributed by atoms with van der Waals surface area (Å²) in [5.41, 5.74) is 1.55. The first-order valence-corrected chi connectivity index (χ1v) is 6.56. The third-order valence-corrected chi connectivity index (χ3v) is 4.19. The Kier molecular flexibility index (Phi) is 2.85. The van der Waals surface area contributed by atoms with Gasteiger partial charge in [-0.05, 0) is 35.0 Å². The van der Waals surface area contributed by atoms with Crippen LogP contribution in [-0.4, -0.2) is 5.78 Å². The lowest BCUT2D eigenvalue weighted by atomic mass is 10.1. The Bertz CT molecular complexity index is 428. The molecule has 14 heavy (non-hydrogen) atoms. The summed E-state index contributed by atoms with van der Waals surface area (Å²) in [5.74, 6) is 0.108. The zero-order valence-corrected chi connectivity index (χ0v) is 10.6. The van der Waals surface area contributed by atoms with Gasteiger partial charge in [0.25, 0.3) is 0 Å². The fourth-order valence-electron chi connectivity index (χ4n) is 1.16. The average Bonchev–Trinajstić information content (AvgIpc) is 2.73. The van der Waals surface area contributed by atoms with Gasteiger partial charge in [-0.2, -0.15) is 0 Å². The van der Waals surface area contributed by atoms with Crippen molar-refractivity contribution in [3.05, 3.63) is 42.7 Å². The van der Waals surface area contributed by atoms with Crippen LogP contribution in [0.5, 0.6) is 0 Å². The van der Waals surface area contributed by atoms with Gasteiger partial charge in [0, 0.05) is 26.8 Å². The van der Waals surface area contributed by atoms with E-state index in [1.54, 1.807) is 11.3 Å². The van der Waals surface area contributed by atoms with Crippen molar-refractivity contribution in [3.8, 4) is 0 Å². The number of thiophene rings is 2. The van der Waals surface area contributed by atoms with E-state index in [1.807, 2.05) is 29.8 Å². The van der Waals surface area contributed by atoms with Crippen LogP contribution in [0.15, 0.2) is 26.7 Å². The summed E-state index contributed by atoms with van der Waals surface area (Å²) in [6.45, 7) is 2.00. The van der Waals surface area contributed by atoms with Gasteiger partial charge in [0.15, 0.2) is 5.78 Å². The van der Waals surface area contributed by atoms with E-state index >= 15 is 0 Å². The van der Waals surface area contributed by atoms with Crippen LogP contribution >= 0.6 is 38.6 Å². The molecule has 2 rings (SSSR count). The Labute approximate surface area is 98.5 Å². The average molecular weight is 287 g/mol. The summed E-state index contributed by atoms with van der Waals surface area (Å²) in [5, 5.41) is 3.78. The van der Waals surface area contributed by atoms with E-state index in [-0.39, 0.29) is 5.78 Å². The molecule has 0 aliphatic heterocycles. The van der Waals surface area contributed by atoms with E-state index in [4.69, 9.17) is 0 Å². The molecule has 72 valence electrons. The second-order valence-corrected chi connectivity index (χ2v) is 6.32. The minimum absolute atomic E-state index is 0.108. The summed E-state index contributed by atoms with van der Waals surface area (Å²) in [6, 6.07) is 3.79. The minimum Gasteiger partial charge on any atom is -0.289 e. The first kappa shape index (κ1) is 10.1. The molecular weight excluding hydrogens is 280 g/mol. The van der Waals surface area contributed by atoms with Gasteiger partial charge in [0.2, 0.25) is 0 Å². The Balaban J connectivity index is 2.33. The number of aryl methyl sites for hydroxylation is 1. The lowest BCUT2D eigenvalue weighted by molar-refractivity contribution is 0.103. The molecule has 1 nitrogen and oxygen atoms in total. The van der Waals surface area contributed by atoms with Crippen LogP contribution in [0.4, 0.5) is 0 Å². The highest BCUT2D eigenvalue weighted by Crippen LogP contribution is 2.24. The molecule has 0 atom stereocenters. The van der Waals surface area contributed by atoms with Crippen molar-refractivity contribution < 1.29 is 4.79 Å². The first-order valence-electron chi connectivity index (χ1n) is 4.00. The van der Waals surface area contributed by atoms with Crippen LogP contribution in [0.1, 0.15) is 20.8 Å². The van der Waals surface area contributed by atoms with Crippen molar-refractivity contribution in [1.29, 1.82) is 0 Å². The van der Waals surface area contributed by atoms with Crippen molar-refractivity contribution in [1.82, 2.24) is 0 Å². The van der Waals surface area contributed by atoms with Crippen LogP contribution < -0.4 is 0 Å². The smallest absolute Gasteiger partial charge is 0.194 e. The first-order chi connectivity index (χ1) is 6.66. The molecule has 2 aromatic rings. The highest BCUT2D eigenvalue weighted by molar-refractivity contribution is 9.11. The number of carbonyl (C=O) groups excluding carboxylic acids is 1. The molecule has 0 unspecified atom stereocenters. The monoisotopic (exact) mass is 286 g/mol. The van der Waals surface area contributed by atoms with Crippen LogP contribution in [0.3, 0.4) is 0 Å². The van der Waals surface area contributed by atoms with E-state index in [2.05, 4.69) is 15.9 Å². The number of halogens is 1. The van der Waals surface area contributed by atoms with Gasteiger partial charge in [-0.1, -0.05) is 0 Å². The summed E-state index contributed by atoms with van der Waals surface area (Å²) in [7, 11) is 0. The van der Waals surface area contributed by atoms with Crippen molar-refractivity contribution >= 4 is 44.4 Å². The van der Waals surface area contributed by atoms with Gasteiger partial charge in [0.05, 0.1) is 3.79 Å². The second kappa shape index (κ2) is 3.96. The molecule has 2 aromatic heterocycles. The second-order valence-electron chi connectivity index (χ2n) is 2.91. The number of ketones is 1. The zero-order valence-electron chi connectivity index (χ0n) is 7.41. The molecule has 0 saturated carbocycles. The summed E-state index contributed by atoms with van der Waals surface area (Å²) in [4.78, 5) is 13.0. The molecule has 0 saturated heterocycles. The van der Waals surface area contributed by atoms with Crippen LogP contribution in [0.25, 0.3) is 0 Å². The van der Waals surface area contributed by atoms with Crippen molar-refractivity contribution in [2.24, 2.45) is 0 Å². The van der Waals surface area contributed by atoms with E-state index in [9.17, 15) is 4.79 Å². The van der Waals surface area contributed by atoms with Gasteiger partial charge in [0.1, 0.15) is 0 Å². The summed E-state index contributed by atoms with van der Waals surface area (Å²) in [6.07, 6.45) is 0. The third kappa shape index (κ3) is 1.97. The molecule has 0 bridgehead atoms. The topological polar surface area (TPSA) is 17.1 Å². The zero-order chi connectivity index (χ0) is 10.1. The van der Waals surface area contributed by atoms with Crippen LogP contribution in [0, 0.1) is 6.92 Å². The van der Waals surface area contributed by atoms with E-state index in [1.165, 1.54) is 16.2 Å². The molecule has 0 spiro atoms. The number of rotatable bonds is 2. The molecule has 0 amide bonds. The van der Waals surface area contributed by atoms with Crippen molar-refractivity contribution in [2.75, 3.05) is 0 Å². The van der Waals surface area contributed by atoms with Crippen molar-refractivity contribution in [2.45, 2.75) is 6.92 Å². The predicted molar refractivity (Wildman–Crippen MR) is 64.5 cm³/mol. The van der Waals surface area contributed by atoms with Crippen molar-refractivity contribution in [3.63, 3.8) is 0 Å². The molecule has 4 heteroatoms. The summed E-state index contributed by atoms with van der Waals surface area (Å²) < 4.78 is 0.993. The van der Waals surface area contributed by atoms with Gasteiger partial charge in [-0.3, -0.25) is 4.79 Å². The SMILES string of the molecule is Cc1cc(C(=O)c2csc(Br)c2)cs1. The maximum absolute atomic E-state index is 11.9. The van der Waals surface area contributed by atoms with E-state index in [0.29, 0.717) is 0 Å².